The molecule has 6 N–H and O–H groups in total. The van der Waals surface area contributed by atoms with Crippen molar-refractivity contribution >= 4 is 5.91 Å². The first kappa shape index (κ1) is 57.2. The number of unbranched alkanes of at least 4 members (excludes halogenated alkanes) is 35. The van der Waals surface area contributed by atoms with Crippen molar-refractivity contribution in [3.8, 4) is 0 Å². The van der Waals surface area contributed by atoms with Crippen molar-refractivity contribution in [3.05, 3.63) is 0 Å². The van der Waals surface area contributed by atoms with Crippen molar-refractivity contribution in [2.45, 2.75) is 307 Å². The molecule has 0 aliphatic carbocycles. The second-order valence-electron chi connectivity index (χ2n) is 18.7. The molecule has 0 aromatic heterocycles. The van der Waals surface area contributed by atoms with Gasteiger partial charge in [0.15, 0.2) is 6.29 Å². The summed E-state index contributed by atoms with van der Waals surface area (Å²) in [4.78, 5) is 13.0. The number of rotatable bonds is 45. The molecule has 0 bridgehead atoms. The normalized spacial score (nSPS) is 20.4. The van der Waals surface area contributed by atoms with Crippen LogP contribution < -0.4 is 5.32 Å². The van der Waals surface area contributed by atoms with Crippen LogP contribution in [0.15, 0.2) is 0 Å². The van der Waals surface area contributed by atoms with Crippen molar-refractivity contribution in [2.75, 3.05) is 13.2 Å². The standard InChI is InChI=1S/C51H101NO8/c1-3-5-7-9-11-13-15-17-19-21-23-24-26-28-30-32-34-36-38-40-45(54)44(43-59-51-50(58)49(57)48(56)46(42-53)60-51)52-47(55)41-39-37-35-33-31-29-27-25-22-20-18-16-14-12-10-8-6-4-2/h44-46,48-51,53-54,56-58H,3-43H2,1-2H3,(H,52,55). The van der Waals surface area contributed by atoms with Crippen molar-refractivity contribution in [3.63, 3.8) is 0 Å². The molecule has 0 saturated carbocycles. The van der Waals surface area contributed by atoms with Gasteiger partial charge in [-0.1, -0.05) is 245 Å². The summed E-state index contributed by atoms with van der Waals surface area (Å²) in [6, 6.07) is -0.712. The Morgan fingerprint density at radius 1 is 0.500 bits per heavy atom. The third-order valence-corrected chi connectivity index (χ3v) is 13.0. The number of carbonyl (C=O) groups is 1. The molecule has 9 nitrogen and oxygen atoms in total. The summed E-state index contributed by atoms with van der Waals surface area (Å²) < 4.78 is 11.3. The molecule has 1 amide bonds. The summed E-state index contributed by atoms with van der Waals surface area (Å²) in [5.74, 6) is -0.138. The highest BCUT2D eigenvalue weighted by molar-refractivity contribution is 5.76. The number of hydrogen-bond donors (Lipinski definition) is 6. The SMILES string of the molecule is CCCCCCCCCCCCCCCCCCCCCC(O)C(COC1OC(CO)C(O)C(O)C1O)NC(=O)CCCCCCCCCCCCCCCCCCCC. The maximum Gasteiger partial charge on any atom is 0.220 e. The van der Waals surface area contributed by atoms with Crippen LogP contribution in [0.25, 0.3) is 0 Å². The van der Waals surface area contributed by atoms with Crippen LogP contribution in [0.5, 0.6) is 0 Å². The molecule has 1 aliphatic heterocycles. The largest absolute Gasteiger partial charge is 0.394 e. The van der Waals surface area contributed by atoms with Gasteiger partial charge in [-0.25, -0.2) is 0 Å². The zero-order valence-electron chi connectivity index (χ0n) is 39.5. The summed E-state index contributed by atoms with van der Waals surface area (Å²) in [7, 11) is 0. The lowest BCUT2D eigenvalue weighted by Crippen LogP contribution is -2.60. The molecule has 0 aromatic carbocycles. The second kappa shape index (κ2) is 42.2. The van der Waals surface area contributed by atoms with E-state index in [1.165, 1.54) is 199 Å². The van der Waals surface area contributed by atoms with Crippen molar-refractivity contribution in [1.29, 1.82) is 0 Å². The number of carbonyl (C=O) groups excluding carboxylic acids is 1. The number of hydrogen-bond acceptors (Lipinski definition) is 8. The van der Waals surface area contributed by atoms with Crippen LogP contribution in [0.3, 0.4) is 0 Å². The fourth-order valence-electron chi connectivity index (χ4n) is 8.75. The van der Waals surface area contributed by atoms with Crippen LogP contribution in [0.1, 0.15) is 264 Å². The second-order valence-corrected chi connectivity index (χ2v) is 18.7. The molecular formula is C51H101NO8. The molecule has 1 saturated heterocycles. The summed E-state index contributed by atoms with van der Waals surface area (Å²) in [5.41, 5.74) is 0. The molecule has 0 aromatic rings. The van der Waals surface area contributed by atoms with Crippen molar-refractivity contribution < 1.29 is 39.8 Å². The number of aliphatic hydroxyl groups excluding tert-OH is 5. The van der Waals surface area contributed by atoms with Gasteiger partial charge in [0.05, 0.1) is 25.4 Å². The number of ether oxygens (including phenoxy) is 2. The summed E-state index contributed by atoms with van der Waals surface area (Å²) in [5, 5.41) is 54.5. The zero-order valence-corrected chi connectivity index (χ0v) is 39.5. The minimum Gasteiger partial charge on any atom is -0.394 e. The molecule has 7 unspecified atom stereocenters. The maximum absolute atomic E-state index is 13.0. The topological polar surface area (TPSA) is 149 Å². The maximum atomic E-state index is 13.0. The summed E-state index contributed by atoms with van der Waals surface area (Å²) in [6.45, 7) is 3.87. The van der Waals surface area contributed by atoms with Crippen molar-refractivity contribution in [1.82, 2.24) is 5.32 Å². The molecule has 1 rings (SSSR count). The van der Waals surface area contributed by atoms with Gasteiger partial charge in [-0.15, -0.1) is 0 Å². The Kier molecular flexibility index (Phi) is 40.2. The van der Waals surface area contributed by atoms with Gasteiger partial charge in [0.2, 0.25) is 5.91 Å². The molecule has 60 heavy (non-hydrogen) atoms. The quantitative estimate of drug-likeness (QED) is 0.0332. The number of aliphatic hydroxyl groups is 5. The molecule has 358 valence electrons. The van der Waals surface area contributed by atoms with E-state index in [1.54, 1.807) is 0 Å². The molecular weight excluding hydrogens is 755 g/mol. The van der Waals surface area contributed by atoms with E-state index >= 15 is 0 Å². The van der Waals surface area contributed by atoms with E-state index in [9.17, 15) is 30.3 Å². The van der Waals surface area contributed by atoms with E-state index in [2.05, 4.69) is 19.2 Å². The Hall–Kier alpha value is -0.810. The van der Waals surface area contributed by atoms with Gasteiger partial charge in [-0.05, 0) is 12.8 Å². The first-order valence-corrected chi connectivity index (χ1v) is 26.2. The van der Waals surface area contributed by atoms with Crippen LogP contribution in [-0.4, -0.2) is 87.5 Å². The highest BCUT2D eigenvalue weighted by Gasteiger charge is 2.44. The van der Waals surface area contributed by atoms with Gasteiger partial charge in [-0.2, -0.15) is 0 Å². The van der Waals surface area contributed by atoms with E-state index in [-0.39, 0.29) is 12.5 Å². The van der Waals surface area contributed by atoms with Gasteiger partial charge in [0, 0.05) is 6.42 Å². The molecule has 0 radical (unpaired) electrons. The monoisotopic (exact) mass is 856 g/mol. The van der Waals surface area contributed by atoms with Crippen LogP contribution in [0.4, 0.5) is 0 Å². The summed E-state index contributed by atoms with van der Waals surface area (Å²) >= 11 is 0. The van der Waals surface area contributed by atoms with Crippen LogP contribution in [-0.2, 0) is 14.3 Å². The first-order valence-electron chi connectivity index (χ1n) is 26.2. The average Bonchev–Trinajstić information content (AvgIpc) is 3.25. The Labute approximate surface area is 370 Å². The smallest absolute Gasteiger partial charge is 0.220 e. The van der Waals surface area contributed by atoms with Gasteiger partial charge in [-0.3, -0.25) is 4.79 Å². The lowest BCUT2D eigenvalue weighted by Gasteiger charge is -2.40. The van der Waals surface area contributed by atoms with Crippen LogP contribution in [0.2, 0.25) is 0 Å². The number of nitrogens with one attached hydrogen (secondary N) is 1. The molecule has 1 heterocycles. The number of amides is 1. The molecule has 9 heteroatoms. The average molecular weight is 856 g/mol. The lowest BCUT2D eigenvalue weighted by atomic mass is 9.99. The zero-order chi connectivity index (χ0) is 43.7. The van der Waals surface area contributed by atoms with E-state index in [1.807, 2.05) is 0 Å². The fourth-order valence-corrected chi connectivity index (χ4v) is 8.75. The Morgan fingerprint density at radius 3 is 1.18 bits per heavy atom. The Bertz CT molecular complexity index is 908. The molecule has 1 fully saturated rings. The van der Waals surface area contributed by atoms with Crippen molar-refractivity contribution in [2.24, 2.45) is 0 Å². The third kappa shape index (κ3) is 31.9. The minimum atomic E-state index is -1.55. The molecule has 7 atom stereocenters. The van der Waals surface area contributed by atoms with Crippen LogP contribution in [0, 0.1) is 0 Å². The predicted octanol–water partition coefficient (Wildman–Crippen LogP) is 11.9. The summed E-state index contributed by atoms with van der Waals surface area (Å²) in [6.07, 6.45) is 41.1. The fraction of sp³-hybridized carbons (Fsp3) is 0.980. The van der Waals surface area contributed by atoms with E-state index in [4.69, 9.17) is 9.47 Å². The van der Waals surface area contributed by atoms with E-state index < -0.39 is 49.5 Å². The third-order valence-electron chi connectivity index (χ3n) is 13.0. The van der Waals surface area contributed by atoms with Gasteiger partial charge in [0.1, 0.15) is 24.4 Å². The van der Waals surface area contributed by atoms with Gasteiger partial charge in [0.25, 0.3) is 0 Å². The molecule has 0 spiro atoms. The van der Waals surface area contributed by atoms with Gasteiger partial charge >= 0.3 is 0 Å². The Morgan fingerprint density at radius 2 is 0.833 bits per heavy atom. The highest BCUT2D eigenvalue weighted by Crippen LogP contribution is 2.23. The Balaban J connectivity index is 2.25. The van der Waals surface area contributed by atoms with E-state index in [0.717, 1.165) is 38.5 Å². The molecule has 1 aliphatic rings. The minimum absolute atomic E-state index is 0.131. The van der Waals surface area contributed by atoms with Crippen LogP contribution >= 0.6 is 0 Å². The van der Waals surface area contributed by atoms with E-state index in [0.29, 0.717) is 12.8 Å². The van der Waals surface area contributed by atoms with Gasteiger partial charge < -0.3 is 40.3 Å². The highest BCUT2D eigenvalue weighted by atomic mass is 16.7. The lowest BCUT2D eigenvalue weighted by molar-refractivity contribution is -0.302. The first-order chi connectivity index (χ1) is 29.3. The predicted molar refractivity (Wildman–Crippen MR) is 249 cm³/mol.